The average molecular weight is 516 g/mol. The number of rotatable bonds is 5. The molecule has 1 unspecified atom stereocenters. The minimum absolute atomic E-state index is 0.0423. The lowest BCUT2D eigenvalue weighted by atomic mass is 9.90. The molecule has 0 saturated carbocycles. The van der Waals surface area contributed by atoms with Gasteiger partial charge in [0.1, 0.15) is 11.6 Å². The summed E-state index contributed by atoms with van der Waals surface area (Å²) in [6.07, 6.45) is 1.49. The molecule has 36 heavy (non-hydrogen) atoms. The number of methoxy groups -OCH3 is 1. The third-order valence-electron chi connectivity index (χ3n) is 5.97. The molecule has 4 rings (SSSR count). The second kappa shape index (κ2) is 9.27. The molecule has 1 amide bonds. The normalized spacial score (nSPS) is 15.3. The molecule has 1 aliphatic heterocycles. The molecular formula is C25H20ClF2N3O5. The van der Waals surface area contributed by atoms with Crippen LogP contribution in [-0.4, -0.2) is 34.7 Å². The molecule has 0 spiro atoms. The van der Waals surface area contributed by atoms with Gasteiger partial charge >= 0.3 is 11.9 Å². The van der Waals surface area contributed by atoms with Crippen LogP contribution in [0.2, 0.25) is 5.02 Å². The number of halogens is 3. The molecular weight excluding hydrogens is 496 g/mol. The highest BCUT2D eigenvalue weighted by atomic mass is 35.5. The second-order valence-electron chi connectivity index (χ2n) is 8.50. The minimum atomic E-state index is -2.32. The molecule has 0 radical (unpaired) electrons. The minimum Gasteiger partial charge on any atom is -0.496 e. The number of Topliss-reactive ketones (excluding diaryl/α,β-unsaturated/α-hetero) is 1. The first-order valence-corrected chi connectivity index (χ1v) is 11.2. The molecule has 1 aliphatic rings. The molecule has 0 fully saturated rings. The number of ether oxygens (including phenoxy) is 1. The first kappa shape index (κ1) is 25.2. The smallest absolute Gasteiger partial charge is 0.352 e. The van der Waals surface area contributed by atoms with E-state index in [9.17, 15) is 24.1 Å². The van der Waals surface area contributed by atoms with Gasteiger partial charge < -0.3 is 4.74 Å². The molecule has 186 valence electrons. The van der Waals surface area contributed by atoms with E-state index in [0.29, 0.717) is 11.3 Å². The highest BCUT2D eigenvalue weighted by molar-refractivity contribution is 6.35. The van der Waals surface area contributed by atoms with Crippen molar-refractivity contribution in [1.29, 1.82) is 0 Å². The Morgan fingerprint density at radius 1 is 1.17 bits per heavy atom. The number of pyridine rings is 1. The van der Waals surface area contributed by atoms with Crippen molar-refractivity contribution in [3.05, 3.63) is 80.1 Å². The molecule has 0 aliphatic carbocycles. The van der Waals surface area contributed by atoms with Gasteiger partial charge in [-0.3, -0.25) is 29.6 Å². The lowest BCUT2D eigenvalue weighted by Gasteiger charge is -2.33. The SMILES string of the molecule is COc1cccc(F)c1-c1c(Cl)cc2c(c1F)N(c1c(C)ccnc1C(C)C)C(=O)C([N+](=O)[O-])C2=O. The Hall–Kier alpha value is -3.92. The number of aromatic nitrogens is 1. The predicted octanol–water partition coefficient (Wildman–Crippen LogP) is 5.63. The molecule has 3 aromatic rings. The van der Waals surface area contributed by atoms with Crippen molar-refractivity contribution in [2.45, 2.75) is 32.7 Å². The predicted molar refractivity (Wildman–Crippen MR) is 129 cm³/mol. The lowest BCUT2D eigenvalue weighted by molar-refractivity contribution is -0.491. The maximum atomic E-state index is 16.4. The fraction of sp³-hybridized carbons (Fsp3) is 0.240. The molecule has 1 aromatic heterocycles. The summed E-state index contributed by atoms with van der Waals surface area (Å²) in [4.78, 5) is 42.4. The van der Waals surface area contributed by atoms with Gasteiger partial charge in [-0.15, -0.1) is 0 Å². The van der Waals surface area contributed by atoms with Crippen molar-refractivity contribution in [3.63, 3.8) is 0 Å². The van der Waals surface area contributed by atoms with Crippen LogP contribution in [0.1, 0.15) is 41.4 Å². The number of carbonyl (C=O) groups is 2. The van der Waals surface area contributed by atoms with Gasteiger partial charge in [-0.05, 0) is 42.7 Å². The summed E-state index contributed by atoms with van der Waals surface area (Å²) in [5, 5.41) is 11.4. The van der Waals surface area contributed by atoms with E-state index < -0.39 is 51.1 Å². The van der Waals surface area contributed by atoms with Gasteiger partial charge in [-0.2, -0.15) is 0 Å². The van der Waals surface area contributed by atoms with Crippen LogP contribution in [0.4, 0.5) is 20.2 Å². The van der Waals surface area contributed by atoms with E-state index in [0.717, 1.165) is 17.0 Å². The van der Waals surface area contributed by atoms with E-state index in [2.05, 4.69) is 4.98 Å². The monoisotopic (exact) mass is 515 g/mol. The van der Waals surface area contributed by atoms with Crippen molar-refractivity contribution >= 4 is 34.7 Å². The maximum absolute atomic E-state index is 16.4. The summed E-state index contributed by atoms with van der Waals surface area (Å²) in [6.45, 7) is 5.19. The standard InChI is InChI=1S/C25H20ClF2N3O5/c1-11(2)20-21(12(3)8-9-29-20)30-22-13(24(32)23(25(30)33)31(34)35)10-14(26)17(19(22)28)18-15(27)6-5-7-16(18)36-4/h5-11,23H,1-4H3. The zero-order valence-corrected chi connectivity index (χ0v) is 20.4. The molecule has 0 bridgehead atoms. The van der Waals surface area contributed by atoms with Crippen LogP contribution in [0.25, 0.3) is 11.1 Å². The molecule has 2 heterocycles. The van der Waals surface area contributed by atoms with Crippen molar-refractivity contribution in [3.8, 4) is 16.9 Å². The van der Waals surface area contributed by atoms with E-state index in [1.165, 1.54) is 25.4 Å². The Bertz CT molecular complexity index is 1440. The highest BCUT2D eigenvalue weighted by Gasteiger charge is 2.51. The largest absolute Gasteiger partial charge is 0.496 e. The fourth-order valence-corrected chi connectivity index (χ4v) is 4.63. The van der Waals surface area contributed by atoms with E-state index in [1.807, 2.05) is 0 Å². The summed E-state index contributed by atoms with van der Waals surface area (Å²) >= 11 is 6.34. The van der Waals surface area contributed by atoms with Crippen LogP contribution in [0, 0.1) is 28.7 Å². The number of anilines is 2. The quantitative estimate of drug-likeness (QED) is 0.248. The van der Waals surface area contributed by atoms with Crippen LogP contribution in [0.3, 0.4) is 0 Å². The van der Waals surface area contributed by atoms with Gasteiger partial charge in [0.2, 0.25) is 5.78 Å². The number of aryl methyl sites for hydroxylation is 1. The second-order valence-corrected chi connectivity index (χ2v) is 8.91. The Morgan fingerprint density at radius 2 is 1.86 bits per heavy atom. The van der Waals surface area contributed by atoms with Crippen molar-refractivity contribution in [2.75, 3.05) is 12.0 Å². The molecule has 11 heteroatoms. The number of nitro groups is 1. The van der Waals surface area contributed by atoms with Crippen molar-refractivity contribution < 1.29 is 28.0 Å². The summed E-state index contributed by atoms with van der Waals surface area (Å²) in [5.41, 5.74) is -0.905. The lowest BCUT2D eigenvalue weighted by Crippen LogP contribution is -2.50. The van der Waals surface area contributed by atoms with E-state index in [-0.39, 0.29) is 27.9 Å². The van der Waals surface area contributed by atoms with Crippen LogP contribution in [0.15, 0.2) is 36.5 Å². The van der Waals surface area contributed by atoms with Crippen LogP contribution < -0.4 is 9.64 Å². The van der Waals surface area contributed by atoms with Crippen LogP contribution in [-0.2, 0) is 4.79 Å². The van der Waals surface area contributed by atoms with Crippen LogP contribution in [0.5, 0.6) is 5.75 Å². The Labute approximate surface area is 209 Å². The number of hydrogen-bond donors (Lipinski definition) is 0. The average Bonchev–Trinajstić information content (AvgIpc) is 2.81. The third kappa shape index (κ3) is 3.78. The van der Waals surface area contributed by atoms with Gasteiger partial charge in [0.15, 0.2) is 5.82 Å². The van der Waals surface area contributed by atoms with Gasteiger partial charge in [-0.1, -0.05) is 31.5 Å². The number of carbonyl (C=O) groups excluding carboxylic acids is 2. The summed E-state index contributed by atoms with van der Waals surface area (Å²) < 4.78 is 36.6. The number of ketones is 1. The van der Waals surface area contributed by atoms with E-state index in [1.54, 1.807) is 26.8 Å². The Balaban J connectivity index is 2.16. The van der Waals surface area contributed by atoms with Gasteiger partial charge in [0.05, 0.1) is 40.3 Å². The number of amides is 1. The van der Waals surface area contributed by atoms with Gasteiger partial charge in [0.25, 0.3) is 0 Å². The first-order valence-electron chi connectivity index (χ1n) is 10.8. The maximum Gasteiger partial charge on any atom is 0.352 e. The molecule has 1 atom stereocenters. The van der Waals surface area contributed by atoms with E-state index in [4.69, 9.17) is 16.3 Å². The van der Waals surface area contributed by atoms with Crippen molar-refractivity contribution in [2.24, 2.45) is 0 Å². The summed E-state index contributed by atoms with van der Waals surface area (Å²) in [5.74, 6) is -4.87. The van der Waals surface area contributed by atoms with Crippen LogP contribution >= 0.6 is 11.6 Å². The molecule has 8 nitrogen and oxygen atoms in total. The Morgan fingerprint density at radius 3 is 2.47 bits per heavy atom. The zero-order valence-electron chi connectivity index (χ0n) is 19.6. The molecule has 0 N–H and O–H groups in total. The highest BCUT2D eigenvalue weighted by Crippen LogP contribution is 2.48. The molecule has 0 saturated heterocycles. The number of benzene rings is 2. The van der Waals surface area contributed by atoms with Gasteiger partial charge in [-0.25, -0.2) is 8.78 Å². The Kier molecular flexibility index (Phi) is 6.48. The number of nitrogens with zero attached hydrogens (tertiary/aromatic N) is 3. The number of fused-ring (bicyclic) bond motifs is 1. The van der Waals surface area contributed by atoms with E-state index >= 15 is 4.39 Å². The fourth-order valence-electron chi connectivity index (χ4n) is 4.35. The molecule has 2 aromatic carbocycles. The topological polar surface area (TPSA) is 103 Å². The summed E-state index contributed by atoms with van der Waals surface area (Å²) in [7, 11) is 1.26. The third-order valence-corrected chi connectivity index (χ3v) is 6.26. The zero-order chi connectivity index (χ0) is 26.5. The first-order chi connectivity index (χ1) is 17.0. The number of hydrogen-bond acceptors (Lipinski definition) is 6. The van der Waals surface area contributed by atoms with Gasteiger partial charge in [0, 0.05) is 16.7 Å². The van der Waals surface area contributed by atoms with Crippen molar-refractivity contribution in [1.82, 2.24) is 4.98 Å². The summed E-state index contributed by atoms with van der Waals surface area (Å²) in [6, 6.07) is 4.08.